The van der Waals surface area contributed by atoms with Gasteiger partial charge in [-0.2, -0.15) is 0 Å². The molecule has 0 heterocycles. The monoisotopic (exact) mass is 278 g/mol. The summed E-state index contributed by atoms with van der Waals surface area (Å²) in [5.74, 6) is -1.05. The Hall–Kier alpha value is -2.04. The first kappa shape index (κ1) is 16.0. The minimum absolute atomic E-state index is 0.0741. The van der Waals surface area contributed by atoms with E-state index in [-0.39, 0.29) is 18.0 Å². The third kappa shape index (κ3) is 4.57. The quantitative estimate of drug-likeness (QED) is 0.889. The number of carbonyl (C=O) groups is 2. The topological polar surface area (TPSA) is 69.6 Å². The Balaban J connectivity index is 2.89. The molecule has 1 atom stereocenters. The Morgan fingerprint density at radius 1 is 1.25 bits per heavy atom. The zero-order valence-electron chi connectivity index (χ0n) is 12.4. The van der Waals surface area contributed by atoms with E-state index >= 15 is 0 Å². The predicted octanol–water partition coefficient (Wildman–Crippen LogP) is 2.72. The summed E-state index contributed by atoms with van der Waals surface area (Å²) in [4.78, 5) is 24.5. The van der Waals surface area contributed by atoms with Gasteiger partial charge in [-0.05, 0) is 24.5 Å². The standard InChI is InChI=1S/C15H22N2O3/c1-11(15(2,3)4)16-14(20)17(10-13(18)19)12-8-6-5-7-9-12/h5-9,11H,10H2,1-4H3,(H,16,20)(H,18,19). The molecule has 0 bridgehead atoms. The highest BCUT2D eigenvalue weighted by Gasteiger charge is 2.25. The lowest BCUT2D eigenvalue weighted by Crippen LogP contribution is -2.49. The van der Waals surface area contributed by atoms with E-state index in [1.807, 2.05) is 33.8 Å². The average Bonchev–Trinajstić information content (AvgIpc) is 2.35. The Morgan fingerprint density at radius 3 is 2.25 bits per heavy atom. The lowest BCUT2D eigenvalue weighted by molar-refractivity contribution is -0.135. The first-order valence-corrected chi connectivity index (χ1v) is 6.56. The van der Waals surface area contributed by atoms with Crippen LogP contribution in [-0.2, 0) is 4.79 Å². The molecular weight excluding hydrogens is 256 g/mol. The second kappa shape index (κ2) is 6.41. The molecule has 2 amide bonds. The minimum atomic E-state index is -1.05. The maximum absolute atomic E-state index is 12.3. The number of nitrogens with zero attached hydrogens (tertiary/aromatic N) is 1. The number of urea groups is 1. The molecule has 1 rings (SSSR count). The maximum atomic E-state index is 12.3. The van der Waals surface area contributed by atoms with Crippen molar-refractivity contribution in [2.75, 3.05) is 11.4 Å². The molecule has 0 radical (unpaired) electrons. The van der Waals surface area contributed by atoms with Crippen molar-refractivity contribution in [2.45, 2.75) is 33.7 Å². The van der Waals surface area contributed by atoms with E-state index in [0.29, 0.717) is 5.69 Å². The zero-order chi connectivity index (χ0) is 15.3. The first-order valence-electron chi connectivity index (χ1n) is 6.56. The van der Waals surface area contributed by atoms with Gasteiger partial charge >= 0.3 is 12.0 Å². The number of benzene rings is 1. The summed E-state index contributed by atoms with van der Waals surface area (Å²) in [6, 6.07) is 8.30. The van der Waals surface area contributed by atoms with Crippen LogP contribution in [0.25, 0.3) is 0 Å². The predicted molar refractivity (Wildman–Crippen MR) is 78.9 cm³/mol. The van der Waals surface area contributed by atoms with Gasteiger partial charge in [0.2, 0.25) is 0 Å². The Labute approximate surface area is 119 Å². The number of amides is 2. The van der Waals surface area contributed by atoms with Gasteiger partial charge in [-0.1, -0.05) is 39.0 Å². The summed E-state index contributed by atoms with van der Waals surface area (Å²) >= 11 is 0. The van der Waals surface area contributed by atoms with Crippen LogP contribution in [0.1, 0.15) is 27.7 Å². The number of rotatable bonds is 4. The molecule has 0 saturated carbocycles. The Kier molecular flexibility index (Phi) is 5.13. The van der Waals surface area contributed by atoms with Gasteiger partial charge in [0.25, 0.3) is 0 Å². The third-order valence-electron chi connectivity index (χ3n) is 3.25. The van der Waals surface area contributed by atoms with Crippen molar-refractivity contribution in [3.63, 3.8) is 0 Å². The van der Waals surface area contributed by atoms with Crippen LogP contribution in [0.5, 0.6) is 0 Å². The van der Waals surface area contributed by atoms with Gasteiger partial charge in [0.1, 0.15) is 6.54 Å². The van der Waals surface area contributed by atoms with E-state index in [9.17, 15) is 9.59 Å². The molecule has 0 aliphatic rings. The first-order chi connectivity index (χ1) is 9.21. The van der Waals surface area contributed by atoms with Crippen molar-refractivity contribution in [2.24, 2.45) is 5.41 Å². The molecule has 0 fully saturated rings. The van der Waals surface area contributed by atoms with Crippen molar-refractivity contribution in [1.82, 2.24) is 5.32 Å². The smallest absolute Gasteiger partial charge is 0.323 e. The molecule has 1 aromatic rings. The number of carboxylic acid groups (broad SMARTS) is 1. The molecule has 0 aliphatic carbocycles. The van der Waals surface area contributed by atoms with E-state index in [1.54, 1.807) is 24.3 Å². The average molecular weight is 278 g/mol. The number of anilines is 1. The normalized spacial score (nSPS) is 12.6. The zero-order valence-corrected chi connectivity index (χ0v) is 12.4. The van der Waals surface area contributed by atoms with Crippen LogP contribution in [0.4, 0.5) is 10.5 Å². The van der Waals surface area contributed by atoms with E-state index in [2.05, 4.69) is 5.32 Å². The van der Waals surface area contributed by atoms with E-state index in [0.717, 1.165) is 0 Å². The fraction of sp³-hybridized carbons (Fsp3) is 0.467. The number of aliphatic carboxylic acids is 1. The van der Waals surface area contributed by atoms with Crippen LogP contribution in [0.15, 0.2) is 30.3 Å². The van der Waals surface area contributed by atoms with Crippen molar-refractivity contribution >= 4 is 17.7 Å². The summed E-state index contributed by atoms with van der Waals surface area (Å²) in [5.41, 5.74) is 0.467. The van der Waals surface area contributed by atoms with Crippen molar-refractivity contribution in [1.29, 1.82) is 0 Å². The summed E-state index contributed by atoms with van der Waals surface area (Å²) in [7, 11) is 0. The van der Waals surface area contributed by atoms with Gasteiger partial charge in [-0.3, -0.25) is 9.69 Å². The van der Waals surface area contributed by atoms with Crippen LogP contribution in [0, 0.1) is 5.41 Å². The highest BCUT2D eigenvalue weighted by atomic mass is 16.4. The molecule has 0 spiro atoms. The molecular formula is C15H22N2O3. The number of para-hydroxylation sites is 1. The SMILES string of the molecule is CC(NC(=O)N(CC(=O)O)c1ccccc1)C(C)(C)C. The molecule has 5 nitrogen and oxygen atoms in total. The van der Waals surface area contributed by atoms with Crippen molar-refractivity contribution < 1.29 is 14.7 Å². The molecule has 20 heavy (non-hydrogen) atoms. The van der Waals surface area contributed by atoms with Crippen molar-refractivity contribution in [3.05, 3.63) is 30.3 Å². The number of carbonyl (C=O) groups excluding carboxylic acids is 1. The van der Waals surface area contributed by atoms with Crippen LogP contribution in [-0.4, -0.2) is 29.7 Å². The molecule has 0 aliphatic heterocycles. The maximum Gasteiger partial charge on any atom is 0.323 e. The Morgan fingerprint density at radius 2 is 1.80 bits per heavy atom. The number of hydrogen-bond acceptors (Lipinski definition) is 2. The van der Waals surface area contributed by atoms with Gasteiger partial charge in [0.15, 0.2) is 0 Å². The van der Waals surface area contributed by atoms with Gasteiger partial charge < -0.3 is 10.4 Å². The van der Waals surface area contributed by atoms with Crippen LogP contribution in [0.2, 0.25) is 0 Å². The molecule has 5 heteroatoms. The third-order valence-corrected chi connectivity index (χ3v) is 3.25. The Bertz CT molecular complexity index is 466. The molecule has 2 N–H and O–H groups in total. The van der Waals surface area contributed by atoms with Crippen LogP contribution in [0.3, 0.4) is 0 Å². The fourth-order valence-corrected chi connectivity index (χ4v) is 1.50. The van der Waals surface area contributed by atoms with E-state index in [4.69, 9.17) is 5.11 Å². The number of carboxylic acids is 1. The molecule has 1 unspecified atom stereocenters. The lowest BCUT2D eigenvalue weighted by atomic mass is 9.88. The van der Waals surface area contributed by atoms with Gasteiger partial charge in [-0.15, -0.1) is 0 Å². The van der Waals surface area contributed by atoms with Gasteiger partial charge in [0.05, 0.1) is 0 Å². The van der Waals surface area contributed by atoms with E-state index < -0.39 is 12.0 Å². The minimum Gasteiger partial charge on any atom is -0.480 e. The fourth-order valence-electron chi connectivity index (χ4n) is 1.50. The number of hydrogen-bond donors (Lipinski definition) is 2. The van der Waals surface area contributed by atoms with Gasteiger partial charge in [0, 0.05) is 11.7 Å². The van der Waals surface area contributed by atoms with E-state index in [1.165, 1.54) is 4.90 Å². The second-order valence-electron chi connectivity index (χ2n) is 5.85. The molecule has 0 aromatic heterocycles. The highest BCUT2D eigenvalue weighted by molar-refractivity contribution is 5.96. The van der Waals surface area contributed by atoms with Crippen LogP contribution < -0.4 is 10.2 Å². The summed E-state index contributed by atoms with van der Waals surface area (Å²) in [5, 5.41) is 11.8. The largest absolute Gasteiger partial charge is 0.480 e. The molecule has 0 saturated heterocycles. The summed E-state index contributed by atoms with van der Waals surface area (Å²) in [6.07, 6.45) is 0. The van der Waals surface area contributed by atoms with Crippen molar-refractivity contribution in [3.8, 4) is 0 Å². The van der Waals surface area contributed by atoms with Gasteiger partial charge in [-0.25, -0.2) is 4.79 Å². The number of nitrogens with one attached hydrogen (secondary N) is 1. The summed E-state index contributed by atoms with van der Waals surface area (Å²) in [6.45, 7) is 7.58. The van der Waals surface area contributed by atoms with Crippen LogP contribution >= 0.6 is 0 Å². The summed E-state index contributed by atoms with van der Waals surface area (Å²) < 4.78 is 0. The molecule has 1 aromatic carbocycles. The second-order valence-corrected chi connectivity index (χ2v) is 5.85. The molecule has 110 valence electrons. The lowest BCUT2D eigenvalue weighted by Gasteiger charge is -2.31. The highest BCUT2D eigenvalue weighted by Crippen LogP contribution is 2.20.